The van der Waals surface area contributed by atoms with Crippen LogP contribution >= 0.6 is 0 Å². The van der Waals surface area contributed by atoms with E-state index in [0.717, 1.165) is 37.2 Å². The number of alkyl halides is 3. The van der Waals surface area contributed by atoms with E-state index in [4.69, 9.17) is 0 Å². The third-order valence-corrected chi connectivity index (χ3v) is 5.69. The normalized spacial score (nSPS) is 17.7. The summed E-state index contributed by atoms with van der Waals surface area (Å²) in [6.45, 7) is 1.51. The molecule has 1 saturated heterocycles. The fraction of sp³-hybridized carbons (Fsp3) is 0.273. The first-order valence-corrected chi connectivity index (χ1v) is 10.2. The minimum Gasteiger partial charge on any atom is -0.366 e. The molecule has 5 rings (SSSR count). The second-order valence-electron chi connectivity index (χ2n) is 7.75. The van der Waals surface area contributed by atoms with Crippen molar-refractivity contribution < 1.29 is 18.0 Å². The van der Waals surface area contributed by atoms with E-state index in [1.807, 2.05) is 6.07 Å². The number of pyridine rings is 1. The quantitative estimate of drug-likeness (QED) is 0.632. The van der Waals surface area contributed by atoms with Gasteiger partial charge >= 0.3 is 12.2 Å². The number of piperidine rings is 1. The van der Waals surface area contributed by atoms with Crippen molar-refractivity contribution in [1.29, 1.82) is 0 Å². The number of aromatic nitrogens is 3. The number of carbonyl (C=O) groups excluding carboxylic acids is 1. The van der Waals surface area contributed by atoms with E-state index < -0.39 is 17.8 Å². The van der Waals surface area contributed by atoms with E-state index in [-0.39, 0.29) is 6.04 Å². The van der Waals surface area contributed by atoms with Crippen LogP contribution in [0.1, 0.15) is 18.4 Å². The number of rotatable bonds is 2. The van der Waals surface area contributed by atoms with E-state index in [1.54, 1.807) is 17.0 Å². The number of urea groups is 1. The summed E-state index contributed by atoms with van der Waals surface area (Å²) in [5.74, 6) is 0.739. The van der Waals surface area contributed by atoms with Gasteiger partial charge in [-0.05, 0) is 37.1 Å². The largest absolute Gasteiger partial charge is 0.416 e. The van der Waals surface area contributed by atoms with Crippen LogP contribution in [0.25, 0.3) is 11.3 Å². The summed E-state index contributed by atoms with van der Waals surface area (Å²) in [5.41, 5.74) is 0.745. The van der Waals surface area contributed by atoms with Crippen LogP contribution < -0.4 is 15.1 Å². The highest BCUT2D eigenvalue weighted by Gasteiger charge is 2.38. The maximum Gasteiger partial charge on any atom is 0.416 e. The number of hydrogen-bond donors (Lipinski definition) is 1. The Kier molecular flexibility index (Phi) is 4.91. The summed E-state index contributed by atoms with van der Waals surface area (Å²) < 4.78 is 39.6. The molecule has 0 saturated carbocycles. The van der Waals surface area contributed by atoms with Gasteiger partial charge < -0.3 is 4.90 Å². The van der Waals surface area contributed by atoms with Crippen LogP contribution in [-0.2, 0) is 6.18 Å². The molecule has 0 unspecified atom stereocenters. The van der Waals surface area contributed by atoms with Gasteiger partial charge in [0.2, 0.25) is 0 Å². The molecule has 7 nitrogen and oxygen atoms in total. The Balaban J connectivity index is 1.55. The molecule has 32 heavy (non-hydrogen) atoms. The van der Waals surface area contributed by atoms with Crippen LogP contribution in [0.2, 0.25) is 0 Å². The number of anilines is 3. The van der Waals surface area contributed by atoms with Crippen molar-refractivity contribution in [2.45, 2.75) is 25.1 Å². The Hall–Kier alpha value is -3.69. The molecule has 2 aliphatic rings. The summed E-state index contributed by atoms with van der Waals surface area (Å²) in [5, 5.41) is 2.75. The first-order chi connectivity index (χ1) is 15.4. The third kappa shape index (κ3) is 3.72. The smallest absolute Gasteiger partial charge is 0.366 e. The lowest BCUT2D eigenvalue weighted by Crippen LogP contribution is -2.56. The van der Waals surface area contributed by atoms with Gasteiger partial charge in [0.1, 0.15) is 0 Å². The highest BCUT2D eigenvalue weighted by molar-refractivity contribution is 6.04. The third-order valence-electron chi connectivity index (χ3n) is 5.69. The molecule has 0 spiro atoms. The van der Waals surface area contributed by atoms with Crippen LogP contribution in [0.5, 0.6) is 0 Å². The highest BCUT2D eigenvalue weighted by Crippen LogP contribution is 2.40. The number of halogens is 3. The van der Waals surface area contributed by atoms with Crippen molar-refractivity contribution in [1.82, 2.24) is 15.0 Å². The van der Waals surface area contributed by atoms with Crippen LogP contribution in [0, 0.1) is 0 Å². The summed E-state index contributed by atoms with van der Waals surface area (Å²) in [6, 6.07) is 8.06. The number of fused-ring (bicyclic) bond motifs is 4. The Morgan fingerprint density at radius 1 is 1.16 bits per heavy atom. The molecular formula is C22H19F3N6O. The molecule has 2 aliphatic heterocycles. The predicted octanol–water partition coefficient (Wildman–Crippen LogP) is 4.58. The minimum absolute atomic E-state index is 0.0998. The van der Waals surface area contributed by atoms with Crippen molar-refractivity contribution >= 4 is 23.4 Å². The van der Waals surface area contributed by atoms with Gasteiger partial charge in [0.05, 0.1) is 29.2 Å². The molecule has 1 atom stereocenters. The Bertz CT molecular complexity index is 1150. The average Bonchev–Trinajstić information content (AvgIpc) is 2.79. The molecule has 2 bridgehead atoms. The van der Waals surface area contributed by atoms with E-state index in [0.29, 0.717) is 29.4 Å². The highest BCUT2D eigenvalue weighted by atomic mass is 19.4. The van der Waals surface area contributed by atoms with Gasteiger partial charge in [-0.1, -0.05) is 12.1 Å². The molecule has 2 amide bonds. The zero-order valence-corrected chi connectivity index (χ0v) is 16.9. The molecule has 1 fully saturated rings. The van der Waals surface area contributed by atoms with E-state index in [1.165, 1.54) is 24.7 Å². The maximum absolute atomic E-state index is 13.2. The first-order valence-electron chi connectivity index (χ1n) is 10.2. The second-order valence-corrected chi connectivity index (χ2v) is 7.75. The van der Waals surface area contributed by atoms with Gasteiger partial charge in [0.25, 0.3) is 0 Å². The summed E-state index contributed by atoms with van der Waals surface area (Å²) in [6.07, 6.45) is 1.71. The molecule has 4 heterocycles. The van der Waals surface area contributed by atoms with Crippen LogP contribution in [0.4, 0.5) is 35.3 Å². The number of hydrogen-bond acceptors (Lipinski definition) is 5. The number of nitrogens with zero attached hydrogens (tertiary/aromatic N) is 5. The van der Waals surface area contributed by atoms with Crippen LogP contribution in [-0.4, -0.2) is 40.1 Å². The lowest BCUT2D eigenvalue weighted by molar-refractivity contribution is -0.137. The first kappa shape index (κ1) is 20.2. The van der Waals surface area contributed by atoms with Gasteiger partial charge in [0, 0.05) is 31.0 Å². The van der Waals surface area contributed by atoms with Crippen molar-refractivity contribution in [3.63, 3.8) is 0 Å². The lowest BCUT2D eigenvalue weighted by atomic mass is 9.99. The van der Waals surface area contributed by atoms with Crippen molar-refractivity contribution in [3.05, 3.63) is 60.6 Å². The standard InChI is InChI=1S/C22H19F3N6O/c23-22(24,25)15-4-1-3-14(11-15)17-6-7-18-20(28-17)31(16-5-2-10-30(18)13-16)21(32)29-19-12-26-8-9-27-19/h1,3-4,6-9,11-12,16H,2,5,10,13H2,(H,27,29,32)/t16-/m0/s1. The number of benzene rings is 1. The molecule has 0 radical (unpaired) electrons. The average molecular weight is 440 g/mol. The second kappa shape index (κ2) is 7.77. The Morgan fingerprint density at radius 3 is 2.81 bits per heavy atom. The zero-order valence-electron chi connectivity index (χ0n) is 16.9. The number of nitrogens with one attached hydrogen (secondary N) is 1. The Labute approximate surface area is 181 Å². The Morgan fingerprint density at radius 2 is 2.03 bits per heavy atom. The topological polar surface area (TPSA) is 74.2 Å². The van der Waals surface area contributed by atoms with Crippen LogP contribution in [0.15, 0.2) is 55.0 Å². The number of carbonyl (C=O) groups is 1. The number of amides is 2. The van der Waals surface area contributed by atoms with Crippen molar-refractivity contribution in [3.8, 4) is 11.3 Å². The summed E-state index contributed by atoms with van der Waals surface area (Å²) in [7, 11) is 0. The van der Waals surface area contributed by atoms with Crippen molar-refractivity contribution in [2.24, 2.45) is 0 Å². The molecule has 3 aromatic rings. The monoisotopic (exact) mass is 440 g/mol. The molecule has 1 aromatic carbocycles. The van der Waals surface area contributed by atoms with Crippen molar-refractivity contribution in [2.75, 3.05) is 28.2 Å². The van der Waals surface area contributed by atoms with E-state index in [9.17, 15) is 18.0 Å². The lowest BCUT2D eigenvalue weighted by Gasteiger charge is -2.45. The SMILES string of the molecule is O=C(Nc1cnccn1)N1c2nc(-c3cccc(C(F)(F)F)c3)ccc2N2CCC[C@H]1C2. The molecule has 0 aliphatic carbocycles. The van der Waals surface area contributed by atoms with Gasteiger partial charge in [-0.15, -0.1) is 0 Å². The van der Waals surface area contributed by atoms with Gasteiger partial charge in [-0.3, -0.25) is 15.2 Å². The molecule has 2 aromatic heterocycles. The molecule has 1 N–H and O–H groups in total. The maximum atomic E-state index is 13.2. The van der Waals surface area contributed by atoms with Crippen LogP contribution in [0.3, 0.4) is 0 Å². The predicted molar refractivity (Wildman–Crippen MR) is 113 cm³/mol. The molecule has 164 valence electrons. The van der Waals surface area contributed by atoms with Gasteiger partial charge in [0.15, 0.2) is 11.6 Å². The summed E-state index contributed by atoms with van der Waals surface area (Å²) in [4.78, 5) is 29.7. The zero-order chi connectivity index (χ0) is 22.3. The van der Waals surface area contributed by atoms with Gasteiger partial charge in [-0.2, -0.15) is 13.2 Å². The van der Waals surface area contributed by atoms with Gasteiger partial charge in [-0.25, -0.2) is 14.8 Å². The molecule has 10 heteroatoms. The fourth-order valence-electron chi connectivity index (χ4n) is 4.23. The van der Waals surface area contributed by atoms with E-state index >= 15 is 0 Å². The minimum atomic E-state index is -4.45. The fourth-order valence-corrected chi connectivity index (χ4v) is 4.23. The van der Waals surface area contributed by atoms with E-state index in [2.05, 4.69) is 25.2 Å². The summed E-state index contributed by atoms with van der Waals surface area (Å²) >= 11 is 0. The molecular weight excluding hydrogens is 421 g/mol.